The number of hydrogen-bond acceptors (Lipinski definition) is 6. The fraction of sp³-hybridized carbons (Fsp3) is 0.0909. The maximum atomic E-state index is 11.3. The van der Waals surface area contributed by atoms with Crippen LogP contribution in [0.15, 0.2) is 36.5 Å². The van der Waals surface area contributed by atoms with E-state index in [-0.39, 0.29) is 12.5 Å². The summed E-state index contributed by atoms with van der Waals surface area (Å²) in [6.07, 6.45) is 1.43. The van der Waals surface area contributed by atoms with Crippen LogP contribution in [-0.4, -0.2) is 20.6 Å². The van der Waals surface area contributed by atoms with Crippen molar-refractivity contribution in [3.8, 4) is 5.75 Å². The molecule has 2 rings (SSSR count). The van der Waals surface area contributed by atoms with E-state index in [1.165, 1.54) is 23.0 Å². The Morgan fingerprint density at radius 3 is 2.95 bits per heavy atom. The quantitative estimate of drug-likeness (QED) is 0.353. The predicted octanol–water partition coefficient (Wildman–Crippen LogP) is 0.431. The summed E-state index contributed by atoms with van der Waals surface area (Å²) in [4.78, 5) is 21.2. The van der Waals surface area contributed by atoms with Gasteiger partial charge in [0.2, 0.25) is 6.73 Å². The molecule has 0 fully saturated rings. The van der Waals surface area contributed by atoms with Crippen molar-refractivity contribution in [3.05, 3.63) is 52.2 Å². The molecular weight excluding hydrogens is 266 g/mol. The third-order valence-corrected chi connectivity index (χ3v) is 2.40. The van der Waals surface area contributed by atoms with E-state index in [2.05, 4.69) is 5.10 Å². The normalized spacial score (nSPS) is 10.1. The molecule has 1 aromatic heterocycles. The number of benzene rings is 1. The lowest BCUT2D eigenvalue weighted by atomic mass is 10.2. The molecule has 0 spiro atoms. The number of aromatic nitrogens is 2. The van der Waals surface area contributed by atoms with Gasteiger partial charge in [-0.3, -0.25) is 10.2 Å². The van der Waals surface area contributed by atoms with Crippen molar-refractivity contribution in [1.82, 2.24) is 15.2 Å². The number of ether oxygens (including phenoxy) is 1. The van der Waals surface area contributed by atoms with Crippen molar-refractivity contribution in [3.63, 3.8) is 0 Å². The van der Waals surface area contributed by atoms with E-state index < -0.39 is 10.8 Å². The molecule has 0 aliphatic carbocycles. The number of carbonyl (C=O) groups excluding carboxylic acids is 1. The molecule has 9 nitrogen and oxygen atoms in total. The second-order valence-electron chi connectivity index (χ2n) is 3.75. The van der Waals surface area contributed by atoms with Gasteiger partial charge in [-0.25, -0.2) is 5.84 Å². The van der Waals surface area contributed by atoms with Gasteiger partial charge in [0.1, 0.15) is 5.75 Å². The van der Waals surface area contributed by atoms with Gasteiger partial charge in [0, 0.05) is 5.56 Å². The number of nitrogens with two attached hydrogens (primary N) is 1. The topological polar surface area (TPSA) is 125 Å². The number of nitrogen functional groups attached to an aromatic ring is 1. The number of hydrogen-bond donors (Lipinski definition) is 2. The Balaban J connectivity index is 2.03. The van der Waals surface area contributed by atoms with Crippen LogP contribution in [-0.2, 0) is 6.73 Å². The lowest BCUT2D eigenvalue weighted by molar-refractivity contribution is -0.389. The maximum Gasteiger partial charge on any atom is 0.390 e. The van der Waals surface area contributed by atoms with Crippen molar-refractivity contribution in [2.24, 2.45) is 5.84 Å². The summed E-state index contributed by atoms with van der Waals surface area (Å²) in [7, 11) is 0. The van der Waals surface area contributed by atoms with Crippen LogP contribution in [0.5, 0.6) is 5.75 Å². The number of hydrazine groups is 1. The monoisotopic (exact) mass is 277 g/mol. The molecule has 0 bridgehead atoms. The molecule has 0 radical (unpaired) electrons. The van der Waals surface area contributed by atoms with Gasteiger partial charge >= 0.3 is 5.82 Å². The van der Waals surface area contributed by atoms with E-state index in [0.29, 0.717) is 11.3 Å². The van der Waals surface area contributed by atoms with Crippen molar-refractivity contribution in [2.45, 2.75) is 6.73 Å². The van der Waals surface area contributed by atoms with Gasteiger partial charge in [0.05, 0.1) is 17.4 Å². The van der Waals surface area contributed by atoms with E-state index in [0.717, 1.165) is 0 Å². The van der Waals surface area contributed by atoms with Crippen LogP contribution in [0.3, 0.4) is 0 Å². The zero-order valence-electron chi connectivity index (χ0n) is 10.2. The zero-order chi connectivity index (χ0) is 14.5. The molecule has 1 aromatic carbocycles. The van der Waals surface area contributed by atoms with Crippen LogP contribution in [0.4, 0.5) is 5.82 Å². The minimum absolute atomic E-state index is 0.0124. The molecule has 0 saturated heterocycles. The van der Waals surface area contributed by atoms with E-state index in [4.69, 9.17) is 10.6 Å². The molecule has 1 amide bonds. The number of nitrogens with one attached hydrogen (secondary N) is 1. The molecule has 0 atom stereocenters. The van der Waals surface area contributed by atoms with Gasteiger partial charge < -0.3 is 14.9 Å². The van der Waals surface area contributed by atoms with Crippen LogP contribution in [0, 0.1) is 10.1 Å². The minimum atomic E-state index is -0.595. The maximum absolute atomic E-state index is 11.3. The van der Waals surface area contributed by atoms with Crippen LogP contribution in [0.1, 0.15) is 10.4 Å². The Bertz CT molecular complexity index is 639. The molecule has 0 saturated carbocycles. The van der Waals surface area contributed by atoms with Crippen LogP contribution in [0.2, 0.25) is 0 Å². The minimum Gasteiger partial charge on any atom is -0.469 e. The number of amides is 1. The third-order valence-electron chi connectivity index (χ3n) is 2.40. The SMILES string of the molecule is NNC(=O)c1cccc(OCn2ccc([N+](=O)[O-])n2)c1. The highest BCUT2D eigenvalue weighted by Gasteiger charge is 2.11. The van der Waals surface area contributed by atoms with Crippen molar-refractivity contribution in [1.29, 1.82) is 0 Å². The summed E-state index contributed by atoms with van der Waals surface area (Å²) >= 11 is 0. The van der Waals surface area contributed by atoms with Crippen LogP contribution >= 0.6 is 0 Å². The summed E-state index contributed by atoms with van der Waals surface area (Å²) in [5, 5.41) is 14.2. The van der Waals surface area contributed by atoms with Gasteiger partial charge in [-0.2, -0.15) is 0 Å². The van der Waals surface area contributed by atoms with Gasteiger partial charge in [-0.05, 0) is 23.1 Å². The molecular formula is C11H11N5O4. The lowest BCUT2D eigenvalue weighted by Crippen LogP contribution is -2.29. The first-order chi connectivity index (χ1) is 9.60. The summed E-state index contributed by atoms with van der Waals surface area (Å²) in [5.74, 6) is 4.75. The third kappa shape index (κ3) is 3.09. The standard InChI is InChI=1S/C11H11N5O4/c12-13-11(17)8-2-1-3-9(6-8)20-7-15-5-4-10(14-15)16(18)19/h1-6H,7,12H2,(H,13,17). The Morgan fingerprint density at radius 1 is 1.50 bits per heavy atom. The first-order valence-electron chi connectivity index (χ1n) is 5.52. The average molecular weight is 277 g/mol. The van der Waals surface area contributed by atoms with E-state index >= 15 is 0 Å². The second-order valence-corrected chi connectivity index (χ2v) is 3.75. The van der Waals surface area contributed by atoms with Crippen LogP contribution < -0.4 is 16.0 Å². The summed E-state index contributed by atoms with van der Waals surface area (Å²) < 4.78 is 6.65. The summed E-state index contributed by atoms with van der Waals surface area (Å²) in [6, 6.07) is 7.62. The van der Waals surface area contributed by atoms with Gasteiger partial charge in [0.15, 0.2) is 0 Å². The molecule has 20 heavy (non-hydrogen) atoms. The number of nitrogens with zero attached hydrogens (tertiary/aromatic N) is 3. The Kier molecular flexibility index (Phi) is 3.91. The highest BCUT2D eigenvalue weighted by molar-refractivity contribution is 5.94. The molecule has 104 valence electrons. The Hall–Kier alpha value is -2.94. The number of nitro groups is 1. The van der Waals surface area contributed by atoms with Gasteiger partial charge in [-0.15, -0.1) is 4.68 Å². The highest BCUT2D eigenvalue weighted by atomic mass is 16.6. The van der Waals surface area contributed by atoms with Crippen molar-refractivity contribution < 1.29 is 14.5 Å². The van der Waals surface area contributed by atoms with E-state index in [9.17, 15) is 14.9 Å². The van der Waals surface area contributed by atoms with Gasteiger partial charge in [0.25, 0.3) is 5.91 Å². The van der Waals surface area contributed by atoms with Crippen molar-refractivity contribution in [2.75, 3.05) is 0 Å². The zero-order valence-corrected chi connectivity index (χ0v) is 10.2. The van der Waals surface area contributed by atoms with Crippen LogP contribution in [0.25, 0.3) is 0 Å². The van der Waals surface area contributed by atoms with Gasteiger partial charge in [-0.1, -0.05) is 6.07 Å². The first-order valence-corrected chi connectivity index (χ1v) is 5.52. The highest BCUT2D eigenvalue weighted by Crippen LogP contribution is 2.14. The van der Waals surface area contributed by atoms with Crippen molar-refractivity contribution >= 4 is 11.7 Å². The molecule has 1 heterocycles. The fourth-order valence-corrected chi connectivity index (χ4v) is 1.47. The largest absolute Gasteiger partial charge is 0.469 e. The molecule has 0 aliphatic rings. The predicted molar refractivity (Wildman–Crippen MR) is 67.6 cm³/mol. The summed E-state index contributed by atoms with van der Waals surface area (Å²) in [5.41, 5.74) is 2.35. The molecule has 0 aliphatic heterocycles. The number of rotatable bonds is 5. The molecule has 0 unspecified atom stereocenters. The number of carbonyl (C=O) groups is 1. The van der Waals surface area contributed by atoms with E-state index in [1.807, 2.05) is 5.43 Å². The lowest BCUT2D eigenvalue weighted by Gasteiger charge is -2.05. The smallest absolute Gasteiger partial charge is 0.390 e. The first kappa shape index (κ1) is 13.5. The molecule has 2 aromatic rings. The Labute approximate surface area is 113 Å². The molecule has 9 heteroatoms. The summed E-state index contributed by atoms with van der Waals surface area (Å²) in [6.45, 7) is -0.0124. The fourth-order valence-electron chi connectivity index (χ4n) is 1.47. The molecule has 3 N–H and O–H groups in total. The average Bonchev–Trinajstić information content (AvgIpc) is 2.93. The second kappa shape index (κ2) is 5.80. The van der Waals surface area contributed by atoms with E-state index in [1.54, 1.807) is 18.2 Å². The Morgan fingerprint density at radius 2 is 2.30 bits per heavy atom.